The normalized spacial score (nSPS) is 14.4. The van der Waals surface area contributed by atoms with Crippen LogP contribution in [0.5, 0.6) is 0 Å². The van der Waals surface area contributed by atoms with Crippen molar-refractivity contribution in [3.05, 3.63) is 47.2 Å². The lowest BCUT2D eigenvalue weighted by molar-refractivity contribution is -0.132. The zero-order valence-corrected chi connectivity index (χ0v) is 16.0. The quantitative estimate of drug-likeness (QED) is 0.875. The first-order valence-electron chi connectivity index (χ1n) is 8.85. The first-order chi connectivity index (χ1) is 12.6. The maximum atomic E-state index is 12.8. The summed E-state index contributed by atoms with van der Waals surface area (Å²) < 4.78 is 4.27. The molecule has 2 aromatic rings. The molecule has 2 amide bonds. The van der Waals surface area contributed by atoms with Crippen LogP contribution in [0, 0.1) is 6.92 Å². The van der Waals surface area contributed by atoms with Gasteiger partial charge in [-0.3, -0.25) is 9.59 Å². The molecule has 138 valence electrons. The second kappa shape index (κ2) is 8.31. The third-order valence-corrected chi connectivity index (χ3v) is 5.65. The number of carbonyl (C=O) groups excluding carboxylic acids is 2. The van der Waals surface area contributed by atoms with E-state index < -0.39 is 0 Å². The van der Waals surface area contributed by atoms with E-state index in [0.717, 1.165) is 17.1 Å². The third kappa shape index (κ3) is 4.04. The molecule has 1 N–H and O–H groups in total. The van der Waals surface area contributed by atoms with Crippen LogP contribution in [0.25, 0.3) is 0 Å². The molecular formula is C19H24N4O2S. The molecule has 1 aromatic heterocycles. The maximum absolute atomic E-state index is 12.8. The summed E-state index contributed by atoms with van der Waals surface area (Å²) in [6, 6.07) is 10.0. The molecule has 3 rings (SSSR count). The number of piperazine rings is 1. The van der Waals surface area contributed by atoms with Crippen molar-refractivity contribution in [2.24, 2.45) is 0 Å². The van der Waals surface area contributed by atoms with E-state index in [-0.39, 0.29) is 11.8 Å². The Morgan fingerprint density at radius 3 is 2.42 bits per heavy atom. The maximum Gasteiger partial charge on any atom is 0.258 e. The van der Waals surface area contributed by atoms with Gasteiger partial charge in [0, 0.05) is 39.6 Å². The van der Waals surface area contributed by atoms with Crippen LogP contribution in [0.1, 0.15) is 28.0 Å². The van der Waals surface area contributed by atoms with Crippen molar-refractivity contribution >= 4 is 28.3 Å². The van der Waals surface area contributed by atoms with Crippen molar-refractivity contribution < 1.29 is 9.59 Å². The first-order valence-corrected chi connectivity index (χ1v) is 9.62. The number of nitrogens with one attached hydrogen (secondary N) is 1. The lowest BCUT2D eigenvalue weighted by atomic mass is 10.1. The SMILES string of the molecule is CNc1snc(C)c1C(=O)N1CCN(C(=O)CCc2ccccc2)CC1. The van der Waals surface area contributed by atoms with Crippen molar-refractivity contribution in [2.75, 3.05) is 38.5 Å². The van der Waals surface area contributed by atoms with Gasteiger partial charge in [0.05, 0.1) is 11.3 Å². The Morgan fingerprint density at radius 1 is 1.12 bits per heavy atom. The van der Waals surface area contributed by atoms with Crippen molar-refractivity contribution in [1.29, 1.82) is 0 Å². The molecule has 0 bridgehead atoms. The van der Waals surface area contributed by atoms with Crippen LogP contribution in [-0.2, 0) is 11.2 Å². The van der Waals surface area contributed by atoms with Crippen LogP contribution in [0.2, 0.25) is 0 Å². The number of hydrogen-bond donors (Lipinski definition) is 1. The van der Waals surface area contributed by atoms with Gasteiger partial charge in [0.1, 0.15) is 5.00 Å². The Bertz CT molecular complexity index is 767. The summed E-state index contributed by atoms with van der Waals surface area (Å²) in [6.07, 6.45) is 1.26. The van der Waals surface area contributed by atoms with Crippen LogP contribution < -0.4 is 5.32 Å². The monoisotopic (exact) mass is 372 g/mol. The van der Waals surface area contributed by atoms with Crippen molar-refractivity contribution in [3.63, 3.8) is 0 Å². The Balaban J connectivity index is 1.53. The highest BCUT2D eigenvalue weighted by Gasteiger charge is 2.28. The number of anilines is 1. The molecular weight excluding hydrogens is 348 g/mol. The van der Waals surface area contributed by atoms with E-state index in [1.165, 1.54) is 17.1 Å². The van der Waals surface area contributed by atoms with Gasteiger partial charge < -0.3 is 15.1 Å². The van der Waals surface area contributed by atoms with E-state index in [1.54, 1.807) is 7.05 Å². The molecule has 2 heterocycles. The van der Waals surface area contributed by atoms with Gasteiger partial charge in [-0.1, -0.05) is 30.3 Å². The summed E-state index contributed by atoms with van der Waals surface area (Å²) in [7, 11) is 1.80. The van der Waals surface area contributed by atoms with Gasteiger partial charge in [-0.2, -0.15) is 4.37 Å². The molecule has 0 atom stereocenters. The molecule has 0 aliphatic carbocycles. The van der Waals surface area contributed by atoms with E-state index in [9.17, 15) is 9.59 Å². The summed E-state index contributed by atoms with van der Waals surface area (Å²) in [6.45, 7) is 4.16. The van der Waals surface area contributed by atoms with Crippen molar-refractivity contribution in [1.82, 2.24) is 14.2 Å². The molecule has 26 heavy (non-hydrogen) atoms. The highest BCUT2D eigenvalue weighted by molar-refractivity contribution is 7.10. The van der Waals surface area contributed by atoms with Crippen molar-refractivity contribution in [3.8, 4) is 0 Å². The predicted octanol–water partition coefficient (Wildman–Crippen LogP) is 2.41. The molecule has 0 spiro atoms. The number of carbonyl (C=O) groups is 2. The predicted molar refractivity (Wildman–Crippen MR) is 104 cm³/mol. The molecule has 0 radical (unpaired) electrons. The van der Waals surface area contributed by atoms with E-state index in [4.69, 9.17) is 0 Å². The highest BCUT2D eigenvalue weighted by atomic mass is 32.1. The zero-order valence-electron chi connectivity index (χ0n) is 15.2. The third-order valence-electron chi connectivity index (χ3n) is 4.69. The largest absolute Gasteiger partial charge is 0.378 e. The minimum atomic E-state index is -0.00279. The molecule has 0 unspecified atom stereocenters. The van der Waals surface area contributed by atoms with E-state index >= 15 is 0 Å². The summed E-state index contributed by atoms with van der Waals surface area (Å²) in [5.41, 5.74) is 2.58. The van der Waals surface area contributed by atoms with Gasteiger partial charge in [0.15, 0.2) is 0 Å². The Labute approximate surface area is 158 Å². The molecule has 1 fully saturated rings. The van der Waals surface area contributed by atoms with Gasteiger partial charge in [-0.05, 0) is 30.4 Å². The number of aryl methyl sites for hydroxylation is 2. The smallest absolute Gasteiger partial charge is 0.258 e. The molecule has 1 aromatic carbocycles. The zero-order chi connectivity index (χ0) is 18.5. The summed E-state index contributed by atoms with van der Waals surface area (Å²) in [5.74, 6) is 0.155. The molecule has 7 heteroatoms. The van der Waals surface area contributed by atoms with E-state index in [1.807, 2.05) is 47.1 Å². The molecule has 0 saturated carbocycles. The van der Waals surface area contributed by atoms with Gasteiger partial charge in [0.2, 0.25) is 5.91 Å². The Kier molecular flexibility index (Phi) is 5.88. The van der Waals surface area contributed by atoms with Crippen LogP contribution >= 0.6 is 11.5 Å². The number of hydrogen-bond acceptors (Lipinski definition) is 5. The van der Waals surface area contributed by atoms with Crippen LogP contribution in [-0.4, -0.2) is 59.2 Å². The fourth-order valence-electron chi connectivity index (χ4n) is 3.16. The minimum Gasteiger partial charge on any atom is -0.378 e. The minimum absolute atomic E-state index is 0.00279. The van der Waals surface area contributed by atoms with Gasteiger partial charge in [-0.15, -0.1) is 0 Å². The van der Waals surface area contributed by atoms with Crippen LogP contribution in [0.15, 0.2) is 30.3 Å². The lowest BCUT2D eigenvalue weighted by Crippen LogP contribution is -2.50. The fraction of sp³-hybridized carbons (Fsp3) is 0.421. The van der Waals surface area contributed by atoms with Crippen LogP contribution in [0.3, 0.4) is 0 Å². The first kappa shape index (κ1) is 18.4. The average Bonchev–Trinajstić information content (AvgIpc) is 3.07. The number of benzene rings is 1. The lowest BCUT2D eigenvalue weighted by Gasteiger charge is -2.35. The topological polar surface area (TPSA) is 65.5 Å². The van der Waals surface area contributed by atoms with Crippen LogP contribution in [0.4, 0.5) is 5.00 Å². The second-order valence-corrected chi connectivity index (χ2v) is 7.15. The number of aromatic nitrogens is 1. The molecule has 1 aliphatic heterocycles. The summed E-state index contributed by atoms with van der Waals surface area (Å²) in [4.78, 5) is 28.9. The standard InChI is InChI=1S/C19H24N4O2S/c1-14-17(18(20-2)26-21-14)19(25)23-12-10-22(11-13-23)16(24)9-8-15-6-4-3-5-7-15/h3-7,20H,8-13H2,1-2H3. The summed E-state index contributed by atoms with van der Waals surface area (Å²) in [5, 5.41) is 3.84. The number of rotatable bonds is 5. The van der Waals surface area contributed by atoms with Gasteiger partial charge in [-0.25, -0.2) is 0 Å². The number of amides is 2. The van der Waals surface area contributed by atoms with Gasteiger partial charge >= 0.3 is 0 Å². The summed E-state index contributed by atoms with van der Waals surface area (Å²) >= 11 is 1.31. The molecule has 6 nitrogen and oxygen atoms in total. The average molecular weight is 372 g/mol. The fourth-order valence-corrected chi connectivity index (χ4v) is 3.90. The van der Waals surface area contributed by atoms with Gasteiger partial charge in [0.25, 0.3) is 5.91 Å². The number of nitrogens with zero attached hydrogens (tertiary/aromatic N) is 3. The highest BCUT2D eigenvalue weighted by Crippen LogP contribution is 2.25. The van der Waals surface area contributed by atoms with Crippen molar-refractivity contribution in [2.45, 2.75) is 19.8 Å². The van der Waals surface area contributed by atoms with E-state index in [0.29, 0.717) is 38.2 Å². The Morgan fingerprint density at radius 2 is 1.77 bits per heavy atom. The molecule has 1 saturated heterocycles. The Hall–Kier alpha value is -2.41. The van der Waals surface area contributed by atoms with E-state index in [2.05, 4.69) is 9.69 Å². The molecule has 1 aliphatic rings. The second-order valence-electron chi connectivity index (χ2n) is 6.38.